The zero-order valence-corrected chi connectivity index (χ0v) is 12.9. The van der Waals surface area contributed by atoms with E-state index in [0.29, 0.717) is 5.41 Å². The zero-order valence-electron chi connectivity index (χ0n) is 12.9. The lowest BCUT2D eigenvalue weighted by atomic mass is 9.73. The van der Waals surface area contributed by atoms with Gasteiger partial charge in [-0.1, -0.05) is 31.6 Å². The molecule has 0 amide bonds. The highest BCUT2D eigenvalue weighted by Crippen LogP contribution is 2.40. The predicted octanol–water partition coefficient (Wildman–Crippen LogP) is 3.93. The van der Waals surface area contributed by atoms with Crippen LogP contribution in [0, 0.1) is 5.41 Å². The number of allylic oxidation sites excluding steroid dienone is 4. The largest absolute Gasteiger partial charge is 0.481 e. The number of aliphatic carboxylic acids is 1. The summed E-state index contributed by atoms with van der Waals surface area (Å²) in [5.41, 5.74) is 3.56. The van der Waals surface area contributed by atoms with Gasteiger partial charge >= 0.3 is 5.97 Å². The Hall–Kier alpha value is -1.09. The standard InChI is InChI=1S/C12H20.C4H8O3/c1-5-7-11-10(2)8-6-9-12(11,3)4;1-3(5)2-4(6)7/h5,7H,6,8-9H2,1-4H3;3,5H,2H2,1H3,(H,6,7)/b7-5+;. The second kappa shape index (κ2) is 8.16. The Balaban J connectivity index is 0.000000399. The second-order valence-electron chi connectivity index (χ2n) is 5.88. The van der Waals surface area contributed by atoms with E-state index in [0.717, 1.165) is 0 Å². The Morgan fingerprint density at radius 1 is 1.47 bits per heavy atom. The Bertz CT molecular complexity index is 349. The first kappa shape index (κ1) is 17.9. The lowest BCUT2D eigenvalue weighted by Gasteiger charge is -2.32. The van der Waals surface area contributed by atoms with Gasteiger partial charge in [-0.05, 0) is 51.0 Å². The molecule has 1 rings (SSSR count). The van der Waals surface area contributed by atoms with Gasteiger partial charge in [0.1, 0.15) is 0 Å². The van der Waals surface area contributed by atoms with Crippen LogP contribution in [-0.2, 0) is 4.79 Å². The van der Waals surface area contributed by atoms with Crippen molar-refractivity contribution in [1.82, 2.24) is 0 Å². The van der Waals surface area contributed by atoms with E-state index in [1.165, 1.54) is 26.2 Å². The molecule has 3 heteroatoms. The molecule has 0 saturated heterocycles. The van der Waals surface area contributed by atoms with Crippen molar-refractivity contribution in [2.45, 2.75) is 66.4 Å². The third-order valence-electron chi connectivity index (χ3n) is 3.35. The maximum absolute atomic E-state index is 9.65. The lowest BCUT2D eigenvalue weighted by Crippen LogP contribution is -2.18. The average molecular weight is 268 g/mol. The van der Waals surface area contributed by atoms with Crippen molar-refractivity contribution in [3.63, 3.8) is 0 Å². The SMILES string of the molecule is C/C=C/C1=C(C)CCCC1(C)C.CC(O)CC(=O)O. The van der Waals surface area contributed by atoms with Crippen LogP contribution in [0.1, 0.15) is 60.3 Å². The number of carbonyl (C=O) groups is 1. The number of carboxylic acids is 1. The molecule has 0 spiro atoms. The van der Waals surface area contributed by atoms with Gasteiger partial charge in [0.2, 0.25) is 0 Å². The van der Waals surface area contributed by atoms with E-state index in [4.69, 9.17) is 10.2 Å². The molecule has 0 fully saturated rings. The summed E-state index contributed by atoms with van der Waals surface area (Å²) in [6, 6.07) is 0. The molecule has 0 radical (unpaired) electrons. The molecule has 1 aliphatic rings. The van der Waals surface area contributed by atoms with Crippen molar-refractivity contribution >= 4 is 5.97 Å². The topological polar surface area (TPSA) is 57.5 Å². The summed E-state index contributed by atoms with van der Waals surface area (Å²) in [7, 11) is 0. The van der Waals surface area contributed by atoms with Gasteiger partial charge in [0.15, 0.2) is 0 Å². The molecule has 110 valence electrons. The molecule has 3 nitrogen and oxygen atoms in total. The first-order valence-corrected chi connectivity index (χ1v) is 6.93. The summed E-state index contributed by atoms with van der Waals surface area (Å²) in [5.74, 6) is -0.963. The Labute approximate surface area is 117 Å². The molecule has 2 N–H and O–H groups in total. The summed E-state index contributed by atoms with van der Waals surface area (Å²) < 4.78 is 0. The Kier molecular flexibility index (Phi) is 7.69. The monoisotopic (exact) mass is 268 g/mol. The van der Waals surface area contributed by atoms with E-state index in [9.17, 15) is 4.79 Å². The zero-order chi connectivity index (χ0) is 15.1. The highest BCUT2D eigenvalue weighted by Gasteiger charge is 2.26. The van der Waals surface area contributed by atoms with Gasteiger partial charge in [-0.25, -0.2) is 0 Å². The summed E-state index contributed by atoms with van der Waals surface area (Å²) in [4.78, 5) is 9.65. The lowest BCUT2D eigenvalue weighted by molar-refractivity contribution is -0.138. The Morgan fingerprint density at radius 2 is 2.05 bits per heavy atom. The van der Waals surface area contributed by atoms with Crippen LogP contribution in [0.25, 0.3) is 0 Å². The number of hydrogen-bond donors (Lipinski definition) is 2. The minimum atomic E-state index is -0.963. The number of hydrogen-bond acceptors (Lipinski definition) is 2. The van der Waals surface area contributed by atoms with Gasteiger partial charge in [-0.3, -0.25) is 4.79 Å². The van der Waals surface area contributed by atoms with Crippen molar-refractivity contribution in [1.29, 1.82) is 0 Å². The van der Waals surface area contributed by atoms with Crippen LogP contribution in [0.3, 0.4) is 0 Å². The van der Waals surface area contributed by atoms with Crippen molar-refractivity contribution in [2.75, 3.05) is 0 Å². The first-order chi connectivity index (χ1) is 8.70. The molecule has 0 heterocycles. The van der Waals surface area contributed by atoms with Crippen LogP contribution >= 0.6 is 0 Å². The van der Waals surface area contributed by atoms with Gasteiger partial charge in [-0.2, -0.15) is 0 Å². The third kappa shape index (κ3) is 7.16. The minimum Gasteiger partial charge on any atom is -0.481 e. The maximum Gasteiger partial charge on any atom is 0.305 e. The van der Waals surface area contributed by atoms with Crippen molar-refractivity contribution < 1.29 is 15.0 Å². The highest BCUT2D eigenvalue weighted by molar-refractivity contribution is 5.67. The van der Waals surface area contributed by atoms with Crippen LogP contribution < -0.4 is 0 Å². The van der Waals surface area contributed by atoms with E-state index in [1.807, 2.05) is 0 Å². The van der Waals surface area contributed by atoms with E-state index in [2.05, 4.69) is 39.8 Å². The van der Waals surface area contributed by atoms with Crippen LogP contribution in [-0.4, -0.2) is 22.3 Å². The van der Waals surface area contributed by atoms with Gasteiger partial charge in [0, 0.05) is 0 Å². The fourth-order valence-corrected chi connectivity index (χ4v) is 2.43. The van der Waals surface area contributed by atoms with Gasteiger partial charge in [0.05, 0.1) is 12.5 Å². The number of aliphatic hydroxyl groups excluding tert-OH is 1. The summed E-state index contributed by atoms with van der Waals surface area (Å²) in [5, 5.41) is 16.3. The van der Waals surface area contributed by atoms with E-state index in [-0.39, 0.29) is 6.42 Å². The van der Waals surface area contributed by atoms with Gasteiger partial charge < -0.3 is 10.2 Å². The molecule has 0 saturated carbocycles. The maximum atomic E-state index is 9.65. The van der Waals surface area contributed by atoms with E-state index in [1.54, 1.807) is 11.1 Å². The number of rotatable bonds is 3. The van der Waals surface area contributed by atoms with Gasteiger partial charge in [0.25, 0.3) is 0 Å². The molecule has 0 aromatic rings. The molecule has 1 aliphatic carbocycles. The fraction of sp³-hybridized carbons (Fsp3) is 0.688. The highest BCUT2D eigenvalue weighted by atomic mass is 16.4. The predicted molar refractivity (Wildman–Crippen MR) is 79.1 cm³/mol. The molecule has 0 bridgehead atoms. The molecular weight excluding hydrogens is 240 g/mol. The molecule has 0 aromatic heterocycles. The smallest absolute Gasteiger partial charge is 0.305 e. The van der Waals surface area contributed by atoms with Crippen molar-refractivity contribution in [2.24, 2.45) is 5.41 Å². The van der Waals surface area contributed by atoms with Crippen LogP contribution in [0.4, 0.5) is 0 Å². The summed E-state index contributed by atoms with van der Waals surface area (Å²) >= 11 is 0. The normalized spacial score (nSPS) is 19.9. The van der Waals surface area contributed by atoms with Gasteiger partial charge in [-0.15, -0.1) is 0 Å². The van der Waals surface area contributed by atoms with Crippen molar-refractivity contribution in [3.8, 4) is 0 Å². The van der Waals surface area contributed by atoms with Crippen LogP contribution in [0.2, 0.25) is 0 Å². The van der Waals surface area contributed by atoms with Crippen molar-refractivity contribution in [3.05, 3.63) is 23.3 Å². The first-order valence-electron chi connectivity index (χ1n) is 6.93. The molecule has 1 unspecified atom stereocenters. The summed E-state index contributed by atoms with van der Waals surface area (Å²) in [6.07, 6.45) is 7.55. The molecular formula is C16H28O3. The number of carboxylic acid groups (broad SMARTS) is 1. The van der Waals surface area contributed by atoms with E-state index < -0.39 is 12.1 Å². The average Bonchev–Trinajstić information content (AvgIpc) is 2.22. The fourth-order valence-electron chi connectivity index (χ4n) is 2.43. The molecule has 0 aromatic carbocycles. The van der Waals surface area contributed by atoms with E-state index >= 15 is 0 Å². The third-order valence-corrected chi connectivity index (χ3v) is 3.35. The summed E-state index contributed by atoms with van der Waals surface area (Å²) in [6.45, 7) is 10.5. The molecule has 1 atom stereocenters. The number of aliphatic hydroxyl groups is 1. The van der Waals surface area contributed by atoms with Crippen LogP contribution in [0.15, 0.2) is 23.3 Å². The van der Waals surface area contributed by atoms with Crippen LogP contribution in [0.5, 0.6) is 0 Å². The second-order valence-corrected chi connectivity index (χ2v) is 5.88. The molecule has 0 aliphatic heterocycles. The quantitative estimate of drug-likeness (QED) is 0.815. The molecule has 19 heavy (non-hydrogen) atoms. The minimum absolute atomic E-state index is 0.167. The Morgan fingerprint density at radius 3 is 2.37 bits per heavy atom.